The van der Waals surface area contributed by atoms with Crippen LogP contribution in [0.5, 0.6) is 0 Å². The molecule has 2 aliphatic rings. The van der Waals surface area contributed by atoms with Crippen molar-refractivity contribution in [2.24, 2.45) is 5.92 Å². The van der Waals surface area contributed by atoms with E-state index in [1.807, 2.05) is 62.1 Å². The van der Waals surface area contributed by atoms with E-state index >= 15 is 0 Å². The van der Waals surface area contributed by atoms with Gasteiger partial charge < -0.3 is 19.4 Å². The van der Waals surface area contributed by atoms with Gasteiger partial charge >= 0.3 is 6.09 Å². The molecule has 2 aromatic rings. The van der Waals surface area contributed by atoms with E-state index in [-0.39, 0.29) is 18.0 Å². The number of ether oxygens (including phenoxy) is 1. The van der Waals surface area contributed by atoms with E-state index in [0.29, 0.717) is 60.1 Å². The van der Waals surface area contributed by atoms with Crippen LogP contribution in [0.15, 0.2) is 42.5 Å². The fourth-order valence-electron chi connectivity index (χ4n) is 5.20. The largest absolute Gasteiger partial charge is 0.444 e. The summed E-state index contributed by atoms with van der Waals surface area (Å²) in [5.74, 6) is 0.597. The summed E-state index contributed by atoms with van der Waals surface area (Å²) in [6.07, 6.45) is 2.87. The summed E-state index contributed by atoms with van der Waals surface area (Å²) in [6, 6.07) is 13.3. The highest BCUT2D eigenvalue weighted by molar-refractivity contribution is 6.36. The van der Waals surface area contributed by atoms with E-state index < -0.39 is 5.60 Å². The van der Waals surface area contributed by atoms with Gasteiger partial charge in [0.25, 0.3) is 0 Å². The van der Waals surface area contributed by atoms with E-state index in [1.54, 1.807) is 11.0 Å². The average Bonchev–Trinajstić information content (AvgIpc) is 2.87. The Labute approximate surface area is 240 Å². The van der Waals surface area contributed by atoms with E-state index in [0.717, 1.165) is 30.5 Å². The molecule has 2 aromatic carbocycles. The van der Waals surface area contributed by atoms with Crippen LogP contribution in [0.25, 0.3) is 0 Å². The molecule has 0 aliphatic carbocycles. The quantitative estimate of drug-likeness (QED) is 0.368. The van der Waals surface area contributed by atoms with Crippen LogP contribution in [0.1, 0.15) is 58.1 Å². The Kier molecular flexibility index (Phi) is 9.38. The molecule has 0 spiro atoms. The molecule has 0 aromatic heterocycles. The average molecular weight is 581 g/mol. The first-order valence-corrected chi connectivity index (χ1v) is 14.4. The van der Waals surface area contributed by atoms with Crippen molar-refractivity contribution in [1.29, 1.82) is 0 Å². The molecule has 2 amide bonds. The first-order chi connectivity index (χ1) is 18.0. The molecule has 2 saturated heterocycles. The van der Waals surface area contributed by atoms with E-state index in [4.69, 9.17) is 39.5 Å². The molecule has 38 heavy (non-hydrogen) atoms. The van der Waals surface area contributed by atoms with Crippen LogP contribution in [0.4, 0.5) is 10.5 Å². The SMILES string of the molecule is CC(C)(C)OC(=O)N1CCC(CCC(=O)N2CCN(c3ccc(Cl)cc3Cl)[C@H](c3ccc(Cl)cc3)C2)CC1. The van der Waals surface area contributed by atoms with Crippen molar-refractivity contribution in [3.63, 3.8) is 0 Å². The lowest BCUT2D eigenvalue weighted by Crippen LogP contribution is -2.50. The van der Waals surface area contributed by atoms with Crippen molar-refractivity contribution in [2.45, 2.75) is 58.1 Å². The first kappa shape index (κ1) is 28.8. The maximum Gasteiger partial charge on any atom is 0.410 e. The number of rotatable bonds is 5. The van der Waals surface area contributed by atoms with Crippen LogP contribution < -0.4 is 4.90 Å². The lowest BCUT2D eigenvalue weighted by molar-refractivity contribution is -0.132. The van der Waals surface area contributed by atoms with Gasteiger partial charge in [0.15, 0.2) is 0 Å². The predicted molar refractivity (Wildman–Crippen MR) is 154 cm³/mol. The summed E-state index contributed by atoms with van der Waals surface area (Å²) in [7, 11) is 0. The highest BCUT2D eigenvalue weighted by Gasteiger charge is 2.33. The third-order valence-corrected chi connectivity index (χ3v) is 8.03. The second kappa shape index (κ2) is 12.4. The molecule has 0 unspecified atom stereocenters. The Morgan fingerprint density at radius 3 is 2.18 bits per heavy atom. The Hall–Kier alpha value is -2.15. The lowest BCUT2D eigenvalue weighted by atomic mass is 9.92. The molecular weight excluding hydrogens is 545 g/mol. The molecule has 0 N–H and O–H groups in total. The number of hydrogen-bond acceptors (Lipinski definition) is 4. The maximum atomic E-state index is 13.3. The number of amides is 2. The topological polar surface area (TPSA) is 53.1 Å². The van der Waals surface area contributed by atoms with Gasteiger partial charge in [0.2, 0.25) is 5.91 Å². The zero-order valence-electron chi connectivity index (χ0n) is 22.3. The van der Waals surface area contributed by atoms with Crippen molar-refractivity contribution < 1.29 is 14.3 Å². The molecular formula is C29H36Cl3N3O3. The van der Waals surface area contributed by atoms with Crippen molar-refractivity contribution in [3.05, 3.63) is 63.1 Å². The molecule has 1 atom stereocenters. The van der Waals surface area contributed by atoms with Crippen molar-refractivity contribution in [1.82, 2.24) is 9.80 Å². The molecule has 2 heterocycles. The summed E-state index contributed by atoms with van der Waals surface area (Å²) in [5, 5.41) is 1.85. The van der Waals surface area contributed by atoms with E-state index in [2.05, 4.69) is 4.90 Å². The number of nitrogens with zero attached hydrogens (tertiary/aromatic N) is 3. The lowest BCUT2D eigenvalue weighted by Gasteiger charge is -2.43. The first-order valence-electron chi connectivity index (χ1n) is 13.2. The Morgan fingerprint density at radius 2 is 1.55 bits per heavy atom. The van der Waals surface area contributed by atoms with Crippen molar-refractivity contribution in [3.8, 4) is 0 Å². The molecule has 9 heteroatoms. The highest BCUT2D eigenvalue weighted by atomic mass is 35.5. The predicted octanol–water partition coefficient (Wildman–Crippen LogP) is 7.46. The van der Waals surface area contributed by atoms with Gasteiger partial charge in [-0.2, -0.15) is 0 Å². The third kappa shape index (κ3) is 7.49. The number of carbonyl (C=O) groups is 2. The summed E-state index contributed by atoms with van der Waals surface area (Å²) in [4.78, 5) is 31.7. The number of carbonyl (C=O) groups excluding carboxylic acids is 2. The second-order valence-electron chi connectivity index (χ2n) is 11.1. The molecule has 0 bridgehead atoms. The van der Waals surface area contributed by atoms with Crippen molar-refractivity contribution >= 4 is 52.5 Å². The summed E-state index contributed by atoms with van der Waals surface area (Å²) in [6.45, 7) is 8.84. The van der Waals surface area contributed by atoms with Gasteiger partial charge in [-0.05, 0) is 81.8 Å². The number of likely N-dealkylation sites (tertiary alicyclic amines) is 1. The highest BCUT2D eigenvalue weighted by Crippen LogP contribution is 2.37. The summed E-state index contributed by atoms with van der Waals surface area (Å²) >= 11 is 18.9. The van der Waals surface area contributed by atoms with Crippen LogP contribution in [-0.2, 0) is 9.53 Å². The van der Waals surface area contributed by atoms with Gasteiger partial charge in [-0.25, -0.2) is 4.79 Å². The number of benzene rings is 2. The zero-order valence-corrected chi connectivity index (χ0v) is 24.5. The van der Waals surface area contributed by atoms with Crippen LogP contribution in [0, 0.1) is 5.92 Å². The molecule has 4 rings (SSSR count). The molecule has 0 saturated carbocycles. The van der Waals surface area contributed by atoms with Crippen molar-refractivity contribution in [2.75, 3.05) is 37.6 Å². The minimum atomic E-state index is -0.493. The monoisotopic (exact) mass is 579 g/mol. The normalized spacial score (nSPS) is 19.0. The van der Waals surface area contributed by atoms with Crippen LogP contribution in [-0.4, -0.2) is 60.1 Å². The van der Waals surface area contributed by atoms with Gasteiger partial charge in [0, 0.05) is 49.2 Å². The Balaban J connectivity index is 1.36. The molecule has 0 radical (unpaired) electrons. The number of piperidine rings is 1. The van der Waals surface area contributed by atoms with Crippen LogP contribution in [0.2, 0.25) is 15.1 Å². The maximum absolute atomic E-state index is 13.3. The van der Waals surface area contributed by atoms with Gasteiger partial charge in [0.05, 0.1) is 16.8 Å². The molecule has 6 nitrogen and oxygen atoms in total. The fraction of sp³-hybridized carbons (Fsp3) is 0.517. The standard InChI is InChI=1S/C29H36Cl3N3O3/c1-29(2,3)38-28(37)33-14-12-20(13-15-33)4-11-27(36)34-16-17-35(25-10-9-23(31)18-24(25)32)26(19-34)21-5-7-22(30)8-6-21/h5-10,18,20,26H,4,11-17,19H2,1-3H3/t26-/m0/s1. The summed E-state index contributed by atoms with van der Waals surface area (Å²) < 4.78 is 5.50. The van der Waals surface area contributed by atoms with E-state index in [9.17, 15) is 9.59 Å². The molecule has 2 aliphatic heterocycles. The number of hydrogen-bond donors (Lipinski definition) is 0. The Bertz CT molecular complexity index is 1130. The summed E-state index contributed by atoms with van der Waals surface area (Å²) in [5.41, 5.74) is 1.49. The molecule has 2 fully saturated rings. The number of anilines is 1. The van der Waals surface area contributed by atoms with Gasteiger partial charge in [-0.1, -0.05) is 46.9 Å². The van der Waals surface area contributed by atoms with E-state index in [1.165, 1.54) is 0 Å². The van der Waals surface area contributed by atoms with Crippen LogP contribution in [0.3, 0.4) is 0 Å². The second-order valence-corrected chi connectivity index (χ2v) is 12.4. The van der Waals surface area contributed by atoms with Gasteiger partial charge in [-0.3, -0.25) is 4.79 Å². The van der Waals surface area contributed by atoms with Gasteiger partial charge in [0.1, 0.15) is 5.60 Å². The number of halogens is 3. The van der Waals surface area contributed by atoms with Gasteiger partial charge in [-0.15, -0.1) is 0 Å². The molecule has 206 valence electrons. The third-order valence-electron chi connectivity index (χ3n) is 7.24. The fourth-order valence-corrected chi connectivity index (χ4v) is 5.84. The zero-order chi connectivity index (χ0) is 27.4. The number of piperazine rings is 1. The smallest absolute Gasteiger partial charge is 0.410 e. The minimum Gasteiger partial charge on any atom is -0.444 e. The Morgan fingerprint density at radius 1 is 0.895 bits per heavy atom. The van der Waals surface area contributed by atoms with Crippen LogP contribution >= 0.6 is 34.8 Å². The minimum absolute atomic E-state index is 0.0549.